The molecule has 0 saturated heterocycles. The van der Waals surface area contributed by atoms with E-state index in [0.717, 1.165) is 12.0 Å². The minimum Gasteiger partial charge on any atom is -0.389 e. The first kappa shape index (κ1) is 17.7. The second-order valence-corrected chi connectivity index (χ2v) is 6.61. The number of aryl methyl sites for hydroxylation is 2. The van der Waals surface area contributed by atoms with Crippen LogP contribution in [0.2, 0.25) is 0 Å². The van der Waals surface area contributed by atoms with Crippen LogP contribution in [0.1, 0.15) is 55.2 Å². The summed E-state index contributed by atoms with van der Waals surface area (Å²) in [5, 5.41) is 0. The monoisotopic (exact) mass is 325 g/mol. The number of hydrogen-bond donors (Lipinski definition) is 1. The van der Waals surface area contributed by atoms with Gasteiger partial charge in [0.1, 0.15) is 4.99 Å². The molecule has 0 amide bonds. The molecule has 0 atom stereocenters. The van der Waals surface area contributed by atoms with Gasteiger partial charge in [-0.15, -0.1) is 0 Å². The van der Waals surface area contributed by atoms with E-state index in [2.05, 4.69) is 42.5 Å². The maximum absolute atomic E-state index is 5.68. The van der Waals surface area contributed by atoms with Crippen LogP contribution in [-0.2, 0) is 12.8 Å². The van der Waals surface area contributed by atoms with Crippen molar-refractivity contribution in [1.82, 2.24) is 0 Å². The highest BCUT2D eigenvalue weighted by atomic mass is 32.1. The van der Waals surface area contributed by atoms with Crippen LogP contribution in [0.25, 0.3) is 0 Å². The number of rotatable bonds is 10. The number of hydrogen-bond acceptors (Lipinski definition) is 1. The van der Waals surface area contributed by atoms with Crippen LogP contribution in [0.5, 0.6) is 0 Å². The smallest absolute Gasteiger partial charge is 0.103 e. The van der Waals surface area contributed by atoms with Crippen molar-refractivity contribution in [1.29, 1.82) is 0 Å². The van der Waals surface area contributed by atoms with Gasteiger partial charge in [-0.05, 0) is 42.9 Å². The zero-order chi connectivity index (χ0) is 16.3. The summed E-state index contributed by atoms with van der Waals surface area (Å²) < 4.78 is 0. The zero-order valence-electron chi connectivity index (χ0n) is 13.8. The molecule has 23 heavy (non-hydrogen) atoms. The van der Waals surface area contributed by atoms with Gasteiger partial charge in [0, 0.05) is 5.56 Å². The van der Waals surface area contributed by atoms with E-state index >= 15 is 0 Å². The fourth-order valence-electron chi connectivity index (χ4n) is 2.89. The Balaban J connectivity index is 1.52. The first-order chi connectivity index (χ1) is 11.3. The van der Waals surface area contributed by atoms with Crippen molar-refractivity contribution >= 4 is 17.2 Å². The molecular weight excluding hydrogens is 298 g/mol. The summed E-state index contributed by atoms with van der Waals surface area (Å²) in [4.78, 5) is 0.491. The highest BCUT2D eigenvalue weighted by Gasteiger charge is 1.99. The van der Waals surface area contributed by atoms with Gasteiger partial charge in [0.2, 0.25) is 0 Å². The van der Waals surface area contributed by atoms with Crippen molar-refractivity contribution < 1.29 is 0 Å². The molecule has 122 valence electrons. The molecular formula is C21H27NS. The summed E-state index contributed by atoms with van der Waals surface area (Å²) in [5.74, 6) is 0. The molecule has 2 rings (SSSR count). The van der Waals surface area contributed by atoms with E-state index in [4.69, 9.17) is 18.0 Å². The van der Waals surface area contributed by atoms with Crippen molar-refractivity contribution in [3.63, 3.8) is 0 Å². The maximum atomic E-state index is 5.68. The first-order valence-electron chi connectivity index (χ1n) is 8.68. The molecule has 0 radical (unpaired) electrons. The average molecular weight is 326 g/mol. The van der Waals surface area contributed by atoms with Crippen molar-refractivity contribution in [2.75, 3.05) is 0 Å². The van der Waals surface area contributed by atoms with Gasteiger partial charge in [-0.2, -0.15) is 0 Å². The van der Waals surface area contributed by atoms with E-state index in [1.807, 2.05) is 12.1 Å². The lowest BCUT2D eigenvalue weighted by Crippen LogP contribution is -2.09. The minimum absolute atomic E-state index is 0.491. The van der Waals surface area contributed by atoms with Crippen LogP contribution in [0.15, 0.2) is 54.6 Å². The summed E-state index contributed by atoms with van der Waals surface area (Å²) in [6.45, 7) is 0. The van der Waals surface area contributed by atoms with Crippen molar-refractivity contribution in [3.05, 3.63) is 71.3 Å². The molecule has 0 unspecified atom stereocenters. The van der Waals surface area contributed by atoms with Crippen LogP contribution >= 0.6 is 12.2 Å². The molecule has 0 saturated carbocycles. The lowest BCUT2D eigenvalue weighted by atomic mass is 10.0. The Bertz CT molecular complexity index is 592. The third-order valence-corrected chi connectivity index (χ3v) is 4.47. The van der Waals surface area contributed by atoms with Crippen molar-refractivity contribution in [2.45, 2.75) is 51.4 Å². The molecule has 0 spiro atoms. The lowest BCUT2D eigenvalue weighted by Gasteiger charge is -2.05. The third-order valence-electron chi connectivity index (χ3n) is 4.24. The minimum atomic E-state index is 0.491. The van der Waals surface area contributed by atoms with Gasteiger partial charge in [0.15, 0.2) is 0 Å². The Kier molecular flexibility index (Phi) is 7.82. The molecule has 2 aromatic rings. The van der Waals surface area contributed by atoms with Crippen LogP contribution in [0.3, 0.4) is 0 Å². The summed E-state index contributed by atoms with van der Waals surface area (Å²) in [6, 6.07) is 19.1. The highest BCUT2D eigenvalue weighted by molar-refractivity contribution is 7.80. The van der Waals surface area contributed by atoms with Gasteiger partial charge in [-0.3, -0.25) is 0 Å². The topological polar surface area (TPSA) is 26.0 Å². The number of thiocarbonyl (C=S) groups is 1. The van der Waals surface area contributed by atoms with Gasteiger partial charge in [-0.1, -0.05) is 86.4 Å². The van der Waals surface area contributed by atoms with Crippen molar-refractivity contribution in [2.24, 2.45) is 5.73 Å². The third kappa shape index (κ3) is 6.96. The molecule has 2 heteroatoms. The quantitative estimate of drug-likeness (QED) is 0.464. The molecule has 0 aliphatic heterocycles. The standard InChI is InChI=1S/C21H27NS/c22-21(23)20-16-10-15-19(17-20)14-7-4-2-1-3-6-11-18-12-8-5-9-13-18/h5,8-10,12-13,15-17H,1-4,6-7,11,14H2,(H2,22,23). The molecule has 0 aliphatic carbocycles. The molecule has 2 N–H and O–H groups in total. The lowest BCUT2D eigenvalue weighted by molar-refractivity contribution is 0.594. The fraction of sp³-hybridized carbons (Fsp3) is 0.381. The molecule has 1 nitrogen and oxygen atoms in total. The second kappa shape index (κ2) is 10.2. The van der Waals surface area contributed by atoms with Crippen molar-refractivity contribution in [3.8, 4) is 0 Å². The van der Waals surface area contributed by atoms with Crippen LogP contribution in [-0.4, -0.2) is 4.99 Å². The van der Waals surface area contributed by atoms with Crippen LogP contribution in [0.4, 0.5) is 0 Å². The summed E-state index contributed by atoms with van der Waals surface area (Å²) >= 11 is 5.03. The predicted octanol–water partition coefficient (Wildman–Crippen LogP) is 5.45. The number of unbranched alkanes of at least 4 members (excludes halogenated alkanes) is 5. The van der Waals surface area contributed by atoms with E-state index in [-0.39, 0.29) is 0 Å². The molecule has 0 aliphatic rings. The number of benzene rings is 2. The van der Waals surface area contributed by atoms with E-state index in [0.29, 0.717) is 4.99 Å². The molecule has 0 heterocycles. The largest absolute Gasteiger partial charge is 0.389 e. The van der Waals surface area contributed by atoms with Gasteiger partial charge >= 0.3 is 0 Å². The van der Waals surface area contributed by atoms with E-state index in [1.54, 1.807) is 0 Å². The SMILES string of the molecule is NC(=S)c1cccc(CCCCCCCCc2ccccc2)c1. The summed E-state index contributed by atoms with van der Waals surface area (Å²) in [7, 11) is 0. The highest BCUT2D eigenvalue weighted by Crippen LogP contribution is 2.13. The zero-order valence-corrected chi connectivity index (χ0v) is 14.7. The Morgan fingerprint density at radius 3 is 1.91 bits per heavy atom. The fourth-order valence-corrected chi connectivity index (χ4v) is 3.02. The number of nitrogens with two attached hydrogens (primary N) is 1. The molecule has 0 bridgehead atoms. The molecule has 2 aromatic carbocycles. The predicted molar refractivity (Wildman–Crippen MR) is 104 cm³/mol. The maximum Gasteiger partial charge on any atom is 0.103 e. The Morgan fingerprint density at radius 1 is 0.696 bits per heavy atom. The van der Waals surface area contributed by atoms with E-state index < -0.39 is 0 Å². The first-order valence-corrected chi connectivity index (χ1v) is 9.09. The normalized spacial score (nSPS) is 10.6. The van der Waals surface area contributed by atoms with Gasteiger partial charge in [0.25, 0.3) is 0 Å². The van der Waals surface area contributed by atoms with E-state index in [9.17, 15) is 0 Å². The summed E-state index contributed by atoms with van der Waals surface area (Å²) in [5.41, 5.74) is 9.47. The Labute approximate surface area is 145 Å². The molecule has 0 fully saturated rings. The van der Waals surface area contributed by atoms with Gasteiger partial charge in [0.05, 0.1) is 0 Å². The second-order valence-electron chi connectivity index (χ2n) is 6.17. The van der Waals surface area contributed by atoms with Gasteiger partial charge in [-0.25, -0.2) is 0 Å². The van der Waals surface area contributed by atoms with Crippen LogP contribution in [0, 0.1) is 0 Å². The van der Waals surface area contributed by atoms with Gasteiger partial charge < -0.3 is 5.73 Å². The molecule has 0 aromatic heterocycles. The summed E-state index contributed by atoms with van der Waals surface area (Å²) in [6.07, 6.45) is 10.2. The average Bonchev–Trinajstić information content (AvgIpc) is 2.58. The van der Waals surface area contributed by atoms with E-state index in [1.165, 1.54) is 56.1 Å². The van der Waals surface area contributed by atoms with Crippen LogP contribution < -0.4 is 5.73 Å². The Morgan fingerprint density at radius 2 is 1.26 bits per heavy atom. The Hall–Kier alpha value is -1.67.